The van der Waals surface area contributed by atoms with Crippen molar-refractivity contribution in [1.29, 1.82) is 0 Å². The Morgan fingerprint density at radius 3 is 2.11 bits per heavy atom. The van der Waals surface area contributed by atoms with E-state index in [2.05, 4.69) is 5.32 Å². The first-order valence-corrected chi connectivity index (χ1v) is 8.56. The zero-order chi connectivity index (χ0) is 19.9. The van der Waals surface area contributed by atoms with Gasteiger partial charge in [-0.1, -0.05) is 24.3 Å². The van der Waals surface area contributed by atoms with Crippen LogP contribution >= 0.6 is 0 Å². The van der Waals surface area contributed by atoms with Gasteiger partial charge in [0.15, 0.2) is 5.78 Å². The van der Waals surface area contributed by atoms with Gasteiger partial charge < -0.3 is 10.1 Å². The van der Waals surface area contributed by atoms with Gasteiger partial charge in [0, 0.05) is 12.1 Å². The molecule has 0 unspecified atom stereocenters. The van der Waals surface area contributed by atoms with Crippen LogP contribution in [0.3, 0.4) is 0 Å². The summed E-state index contributed by atoms with van der Waals surface area (Å²) in [5.41, 5.74) is 1.37. The van der Waals surface area contributed by atoms with E-state index in [1.165, 1.54) is 48.5 Å². The second-order valence-electron chi connectivity index (χ2n) is 6.09. The lowest BCUT2D eigenvalue weighted by Crippen LogP contribution is -2.17. The summed E-state index contributed by atoms with van der Waals surface area (Å²) >= 11 is 0. The smallest absolute Gasteiger partial charge is 0.259 e. The van der Waals surface area contributed by atoms with Crippen molar-refractivity contribution < 1.29 is 23.1 Å². The summed E-state index contributed by atoms with van der Waals surface area (Å²) in [5.74, 6) is -1.15. The molecule has 3 rings (SSSR count). The molecule has 0 saturated carbocycles. The molecule has 3 aromatic carbocycles. The predicted molar refractivity (Wildman–Crippen MR) is 101 cm³/mol. The second-order valence-corrected chi connectivity index (χ2v) is 6.09. The molecule has 0 fully saturated rings. The Hall–Kier alpha value is -3.54. The van der Waals surface area contributed by atoms with Gasteiger partial charge in [-0.05, 0) is 54.1 Å². The first kappa shape index (κ1) is 19.2. The number of ether oxygens (including phenoxy) is 1. The van der Waals surface area contributed by atoms with Crippen LogP contribution in [0.4, 0.5) is 14.5 Å². The molecule has 0 aromatic heterocycles. The molecule has 0 atom stereocenters. The van der Waals surface area contributed by atoms with E-state index in [9.17, 15) is 18.4 Å². The van der Waals surface area contributed by atoms with Crippen molar-refractivity contribution in [1.82, 2.24) is 0 Å². The number of halogens is 2. The molecule has 6 heteroatoms. The van der Waals surface area contributed by atoms with Crippen LogP contribution in [0.2, 0.25) is 0 Å². The van der Waals surface area contributed by atoms with E-state index in [1.54, 1.807) is 24.3 Å². The number of carbonyl (C=O) groups excluding carboxylic acids is 2. The van der Waals surface area contributed by atoms with Crippen LogP contribution in [0, 0.1) is 11.6 Å². The van der Waals surface area contributed by atoms with E-state index in [0.29, 0.717) is 11.3 Å². The van der Waals surface area contributed by atoms with Crippen molar-refractivity contribution in [3.63, 3.8) is 0 Å². The minimum absolute atomic E-state index is 0.101. The largest absolute Gasteiger partial charge is 0.485 e. The van der Waals surface area contributed by atoms with Crippen molar-refractivity contribution in [2.75, 3.05) is 11.9 Å². The highest BCUT2D eigenvalue weighted by molar-refractivity contribution is 6.06. The highest BCUT2D eigenvalue weighted by Gasteiger charge is 2.14. The van der Waals surface area contributed by atoms with Crippen molar-refractivity contribution in [3.8, 4) is 5.75 Å². The van der Waals surface area contributed by atoms with E-state index in [4.69, 9.17) is 4.74 Å². The fraction of sp³-hybridized carbons (Fsp3) is 0.0909. The average Bonchev–Trinajstić information content (AvgIpc) is 2.70. The monoisotopic (exact) mass is 381 g/mol. The van der Waals surface area contributed by atoms with Crippen molar-refractivity contribution in [2.24, 2.45) is 0 Å². The van der Waals surface area contributed by atoms with Crippen LogP contribution in [-0.2, 0) is 11.2 Å². The van der Waals surface area contributed by atoms with Crippen LogP contribution in [0.1, 0.15) is 15.9 Å². The molecule has 28 heavy (non-hydrogen) atoms. The standard InChI is InChI=1S/C22H17F2NO3/c23-16-7-5-15(6-8-16)13-19(26)14-28-21-4-2-1-3-20(21)22(27)25-18-11-9-17(24)10-12-18/h1-12H,13-14H2,(H,25,27). The van der Waals surface area contributed by atoms with Crippen molar-refractivity contribution in [2.45, 2.75) is 6.42 Å². The number of benzene rings is 3. The van der Waals surface area contributed by atoms with Crippen LogP contribution in [0.15, 0.2) is 72.8 Å². The SMILES string of the molecule is O=C(COc1ccccc1C(=O)Nc1ccc(F)cc1)Cc1ccc(F)cc1. The zero-order valence-electron chi connectivity index (χ0n) is 14.8. The summed E-state index contributed by atoms with van der Waals surface area (Å²) in [4.78, 5) is 24.6. The molecule has 0 spiro atoms. The molecule has 4 nitrogen and oxygen atoms in total. The van der Waals surface area contributed by atoms with E-state index in [1.807, 2.05) is 0 Å². The predicted octanol–water partition coefficient (Wildman–Crippen LogP) is 4.41. The third kappa shape index (κ3) is 5.23. The van der Waals surface area contributed by atoms with Gasteiger partial charge >= 0.3 is 0 Å². The quantitative estimate of drug-likeness (QED) is 0.660. The van der Waals surface area contributed by atoms with Crippen molar-refractivity contribution >= 4 is 17.4 Å². The Labute approximate surface area is 160 Å². The first-order valence-electron chi connectivity index (χ1n) is 8.56. The van der Waals surface area contributed by atoms with Gasteiger partial charge in [-0.3, -0.25) is 9.59 Å². The fourth-order valence-corrected chi connectivity index (χ4v) is 2.55. The normalized spacial score (nSPS) is 10.4. The summed E-state index contributed by atoms with van der Waals surface area (Å²) in [6.45, 7) is -0.224. The maximum absolute atomic E-state index is 13.0. The maximum Gasteiger partial charge on any atom is 0.259 e. The molecule has 0 saturated heterocycles. The molecular formula is C22H17F2NO3. The van der Waals surface area contributed by atoms with Gasteiger partial charge in [0.1, 0.15) is 24.0 Å². The highest BCUT2D eigenvalue weighted by Crippen LogP contribution is 2.20. The lowest BCUT2D eigenvalue weighted by molar-refractivity contribution is -0.120. The van der Waals surface area contributed by atoms with E-state index in [-0.39, 0.29) is 35.9 Å². The Bertz CT molecular complexity index is 970. The highest BCUT2D eigenvalue weighted by atomic mass is 19.1. The molecule has 0 bridgehead atoms. The maximum atomic E-state index is 13.0. The van der Waals surface area contributed by atoms with Gasteiger partial charge in [-0.2, -0.15) is 0 Å². The summed E-state index contributed by atoms with van der Waals surface area (Å²) in [6, 6.07) is 17.6. The summed E-state index contributed by atoms with van der Waals surface area (Å²) < 4.78 is 31.4. The van der Waals surface area contributed by atoms with E-state index < -0.39 is 11.7 Å². The third-order valence-corrected chi connectivity index (χ3v) is 3.94. The van der Waals surface area contributed by atoms with Gasteiger partial charge in [-0.25, -0.2) is 8.78 Å². The Morgan fingerprint density at radius 2 is 1.43 bits per heavy atom. The molecule has 0 aliphatic carbocycles. The minimum Gasteiger partial charge on any atom is -0.485 e. The number of ketones is 1. The minimum atomic E-state index is -0.437. The number of Topliss-reactive ketones (excluding diaryl/α,β-unsaturated/α-hetero) is 1. The van der Waals surface area contributed by atoms with Gasteiger partial charge in [-0.15, -0.1) is 0 Å². The number of para-hydroxylation sites is 1. The van der Waals surface area contributed by atoms with Crippen LogP contribution in [-0.4, -0.2) is 18.3 Å². The number of amides is 1. The molecule has 0 heterocycles. The first-order chi connectivity index (χ1) is 13.5. The van der Waals surface area contributed by atoms with Gasteiger partial charge in [0.25, 0.3) is 5.91 Å². The molecule has 3 aromatic rings. The number of hydrogen-bond acceptors (Lipinski definition) is 3. The Balaban J connectivity index is 1.63. The summed E-state index contributed by atoms with van der Waals surface area (Å²) in [5, 5.41) is 2.65. The Morgan fingerprint density at radius 1 is 0.821 bits per heavy atom. The van der Waals surface area contributed by atoms with Crippen molar-refractivity contribution in [3.05, 3.63) is 95.6 Å². The van der Waals surface area contributed by atoms with Crippen LogP contribution in [0.25, 0.3) is 0 Å². The Kier molecular flexibility index (Phi) is 6.11. The molecule has 0 radical (unpaired) electrons. The number of nitrogens with one attached hydrogen (secondary N) is 1. The second kappa shape index (κ2) is 8.90. The molecule has 1 N–H and O–H groups in total. The molecule has 0 aliphatic rings. The van der Waals surface area contributed by atoms with E-state index >= 15 is 0 Å². The third-order valence-electron chi connectivity index (χ3n) is 3.94. The van der Waals surface area contributed by atoms with Crippen LogP contribution < -0.4 is 10.1 Å². The molecular weight excluding hydrogens is 364 g/mol. The number of rotatable bonds is 7. The summed E-state index contributed by atoms with van der Waals surface area (Å²) in [7, 11) is 0. The fourth-order valence-electron chi connectivity index (χ4n) is 2.55. The topological polar surface area (TPSA) is 55.4 Å². The zero-order valence-corrected chi connectivity index (χ0v) is 14.8. The van der Waals surface area contributed by atoms with Crippen LogP contribution in [0.5, 0.6) is 5.75 Å². The summed E-state index contributed by atoms with van der Waals surface area (Å²) in [6.07, 6.45) is 0.101. The van der Waals surface area contributed by atoms with Gasteiger partial charge in [0.05, 0.1) is 5.56 Å². The molecule has 142 valence electrons. The lowest BCUT2D eigenvalue weighted by atomic mass is 10.1. The number of carbonyl (C=O) groups is 2. The van der Waals surface area contributed by atoms with E-state index in [0.717, 1.165) is 0 Å². The molecule has 0 aliphatic heterocycles. The van der Waals surface area contributed by atoms with Gasteiger partial charge in [0.2, 0.25) is 0 Å². The number of hydrogen-bond donors (Lipinski definition) is 1. The lowest BCUT2D eigenvalue weighted by Gasteiger charge is -2.11. The number of anilines is 1. The molecule has 1 amide bonds. The average molecular weight is 381 g/mol.